The number of methoxy groups -OCH3 is 4. The van der Waals surface area contributed by atoms with Gasteiger partial charge in [0.25, 0.3) is 10.1 Å². The lowest BCUT2D eigenvalue weighted by Gasteiger charge is -2.16. The van der Waals surface area contributed by atoms with Gasteiger partial charge in [-0.15, -0.1) is 0 Å². The number of benzene rings is 2. The average Bonchev–Trinajstić information content (AvgIpc) is 2.58. The first-order valence-corrected chi connectivity index (χ1v) is 8.25. The van der Waals surface area contributed by atoms with E-state index >= 15 is 0 Å². The van der Waals surface area contributed by atoms with Crippen LogP contribution in [0.15, 0.2) is 35.2 Å². The van der Waals surface area contributed by atoms with Gasteiger partial charge in [-0.3, -0.25) is 4.55 Å². The van der Waals surface area contributed by atoms with Crippen LogP contribution in [0.4, 0.5) is 0 Å². The van der Waals surface area contributed by atoms with Gasteiger partial charge in [0.05, 0.1) is 28.4 Å². The molecule has 1 N–H and O–H groups in total. The Balaban J connectivity index is 2.80. The first-order chi connectivity index (χ1) is 11.3. The van der Waals surface area contributed by atoms with Crippen LogP contribution in [0, 0.1) is 0 Å². The summed E-state index contributed by atoms with van der Waals surface area (Å²) in [5, 5.41) is 0. The van der Waals surface area contributed by atoms with E-state index in [9.17, 15) is 13.0 Å². The third kappa shape index (κ3) is 3.39. The lowest BCUT2D eigenvalue weighted by molar-refractivity contribution is 0.324. The van der Waals surface area contributed by atoms with Crippen LogP contribution < -0.4 is 18.9 Å². The van der Waals surface area contributed by atoms with Crippen molar-refractivity contribution in [1.29, 1.82) is 0 Å². The summed E-state index contributed by atoms with van der Waals surface area (Å²) in [5.41, 5.74) is 0.701. The normalized spacial score (nSPS) is 11.0. The van der Waals surface area contributed by atoms with Crippen molar-refractivity contribution in [3.05, 3.63) is 30.3 Å². The SMILES string of the molecule is COc1ccc(S(=O)(=O)O)c(-c2cc(OC)c(OC)c(OC)c2)c1. The molecule has 2 aromatic carbocycles. The van der Waals surface area contributed by atoms with Crippen molar-refractivity contribution in [2.75, 3.05) is 28.4 Å². The third-order valence-electron chi connectivity index (χ3n) is 3.44. The zero-order valence-corrected chi connectivity index (χ0v) is 14.5. The molecule has 0 fully saturated rings. The second kappa shape index (κ2) is 6.98. The van der Waals surface area contributed by atoms with E-state index in [-0.39, 0.29) is 10.5 Å². The Bertz CT molecular complexity index is 818. The number of hydrogen-bond acceptors (Lipinski definition) is 6. The quantitative estimate of drug-likeness (QED) is 0.797. The smallest absolute Gasteiger partial charge is 0.295 e. The molecule has 0 radical (unpaired) electrons. The monoisotopic (exact) mass is 354 g/mol. The van der Waals surface area contributed by atoms with Gasteiger partial charge < -0.3 is 18.9 Å². The molecule has 0 saturated heterocycles. The Morgan fingerprint density at radius 3 is 1.83 bits per heavy atom. The van der Waals surface area contributed by atoms with Gasteiger partial charge in [0.15, 0.2) is 11.5 Å². The molecule has 0 atom stereocenters. The fourth-order valence-electron chi connectivity index (χ4n) is 2.32. The van der Waals surface area contributed by atoms with Crippen LogP contribution in [0.25, 0.3) is 11.1 Å². The van der Waals surface area contributed by atoms with Gasteiger partial charge in [-0.2, -0.15) is 8.42 Å². The fraction of sp³-hybridized carbons (Fsp3) is 0.250. The van der Waals surface area contributed by atoms with Gasteiger partial charge in [-0.05, 0) is 35.9 Å². The minimum Gasteiger partial charge on any atom is -0.497 e. The van der Waals surface area contributed by atoms with Crippen LogP contribution in [0.5, 0.6) is 23.0 Å². The van der Waals surface area contributed by atoms with E-state index in [1.807, 2.05) is 0 Å². The highest BCUT2D eigenvalue weighted by atomic mass is 32.2. The molecule has 8 heteroatoms. The van der Waals surface area contributed by atoms with E-state index in [2.05, 4.69) is 0 Å². The summed E-state index contributed by atoms with van der Waals surface area (Å²) in [7, 11) is 1.41. The minimum absolute atomic E-state index is 0.246. The lowest BCUT2D eigenvalue weighted by Crippen LogP contribution is -2.02. The maximum absolute atomic E-state index is 11.7. The maximum atomic E-state index is 11.7. The summed E-state index contributed by atoms with van der Waals surface area (Å²) < 4.78 is 53.8. The predicted molar refractivity (Wildman–Crippen MR) is 87.9 cm³/mol. The van der Waals surface area contributed by atoms with Crippen LogP contribution in [-0.4, -0.2) is 41.4 Å². The molecule has 7 nitrogen and oxygen atoms in total. The zero-order valence-electron chi connectivity index (χ0n) is 13.7. The average molecular weight is 354 g/mol. The second-order valence-electron chi connectivity index (χ2n) is 4.75. The molecule has 0 aliphatic rings. The third-order valence-corrected chi connectivity index (χ3v) is 4.35. The molecular weight excluding hydrogens is 336 g/mol. The van der Waals surface area contributed by atoms with E-state index in [4.69, 9.17) is 18.9 Å². The van der Waals surface area contributed by atoms with Crippen molar-refractivity contribution < 1.29 is 31.9 Å². The fourth-order valence-corrected chi connectivity index (χ4v) is 3.02. The number of hydrogen-bond donors (Lipinski definition) is 1. The van der Waals surface area contributed by atoms with Crippen LogP contribution in [0.1, 0.15) is 0 Å². The van der Waals surface area contributed by atoms with Crippen LogP contribution in [0.3, 0.4) is 0 Å². The molecule has 0 unspecified atom stereocenters. The summed E-state index contributed by atoms with van der Waals surface area (Å²) in [6.07, 6.45) is 0. The Hall–Kier alpha value is -2.45. The van der Waals surface area contributed by atoms with Gasteiger partial charge >= 0.3 is 0 Å². The summed E-state index contributed by atoms with van der Waals surface area (Å²) in [6, 6.07) is 7.40. The molecule has 0 aromatic heterocycles. The summed E-state index contributed by atoms with van der Waals surface area (Å²) in [5.74, 6) is 1.53. The van der Waals surface area contributed by atoms with E-state index in [0.29, 0.717) is 28.6 Å². The molecule has 2 aromatic rings. The number of ether oxygens (including phenoxy) is 4. The number of rotatable bonds is 6. The molecule has 130 valence electrons. The van der Waals surface area contributed by atoms with Gasteiger partial charge in [0.2, 0.25) is 5.75 Å². The summed E-state index contributed by atoms with van der Waals surface area (Å²) >= 11 is 0. The maximum Gasteiger partial charge on any atom is 0.295 e. The molecule has 0 saturated carbocycles. The molecule has 0 aliphatic heterocycles. The molecular formula is C16H18O7S. The highest BCUT2D eigenvalue weighted by Crippen LogP contribution is 2.43. The lowest BCUT2D eigenvalue weighted by atomic mass is 10.0. The Morgan fingerprint density at radius 2 is 1.42 bits per heavy atom. The summed E-state index contributed by atoms with van der Waals surface area (Å²) in [4.78, 5) is -0.252. The van der Waals surface area contributed by atoms with Crippen molar-refractivity contribution in [2.45, 2.75) is 4.90 Å². The molecule has 0 bridgehead atoms. The first kappa shape index (κ1) is 17.9. The van der Waals surface area contributed by atoms with Gasteiger partial charge in [-0.25, -0.2) is 0 Å². The Morgan fingerprint density at radius 1 is 0.833 bits per heavy atom. The van der Waals surface area contributed by atoms with Crippen LogP contribution >= 0.6 is 0 Å². The minimum atomic E-state index is -4.43. The molecule has 0 spiro atoms. The molecule has 0 heterocycles. The zero-order chi connectivity index (χ0) is 17.9. The summed E-state index contributed by atoms with van der Waals surface area (Å²) in [6.45, 7) is 0. The molecule has 24 heavy (non-hydrogen) atoms. The first-order valence-electron chi connectivity index (χ1n) is 6.81. The molecule has 0 amide bonds. The van der Waals surface area contributed by atoms with Gasteiger partial charge in [0, 0.05) is 5.56 Å². The Labute approximate surface area is 140 Å². The molecule has 0 aliphatic carbocycles. The van der Waals surface area contributed by atoms with Crippen molar-refractivity contribution in [3.63, 3.8) is 0 Å². The van der Waals surface area contributed by atoms with Crippen LogP contribution in [0.2, 0.25) is 0 Å². The predicted octanol–water partition coefficient (Wildman–Crippen LogP) is 2.63. The topological polar surface area (TPSA) is 91.3 Å². The second-order valence-corrected chi connectivity index (χ2v) is 6.14. The van der Waals surface area contributed by atoms with Crippen molar-refractivity contribution >= 4 is 10.1 Å². The standard InChI is InChI=1S/C16H18O7S/c1-20-11-5-6-15(24(17,18)19)12(9-11)10-7-13(21-2)16(23-4)14(8-10)22-3/h5-9H,1-4H3,(H,17,18,19). The van der Waals surface area contributed by atoms with E-state index in [1.165, 1.54) is 46.6 Å². The molecule has 2 rings (SSSR count). The van der Waals surface area contributed by atoms with Crippen molar-refractivity contribution in [2.24, 2.45) is 0 Å². The van der Waals surface area contributed by atoms with Crippen molar-refractivity contribution in [3.8, 4) is 34.1 Å². The highest BCUT2D eigenvalue weighted by Gasteiger charge is 2.21. The van der Waals surface area contributed by atoms with E-state index < -0.39 is 10.1 Å². The highest BCUT2D eigenvalue weighted by molar-refractivity contribution is 7.86. The van der Waals surface area contributed by atoms with E-state index in [1.54, 1.807) is 12.1 Å². The Kier molecular flexibility index (Phi) is 5.20. The van der Waals surface area contributed by atoms with Crippen LogP contribution in [-0.2, 0) is 10.1 Å². The van der Waals surface area contributed by atoms with Gasteiger partial charge in [-0.1, -0.05) is 0 Å². The van der Waals surface area contributed by atoms with E-state index in [0.717, 1.165) is 0 Å². The van der Waals surface area contributed by atoms with Crippen molar-refractivity contribution in [1.82, 2.24) is 0 Å². The largest absolute Gasteiger partial charge is 0.497 e. The van der Waals surface area contributed by atoms with Gasteiger partial charge in [0.1, 0.15) is 10.6 Å².